The van der Waals surface area contributed by atoms with E-state index in [1.165, 1.54) is 12.1 Å². The fourth-order valence-electron chi connectivity index (χ4n) is 3.12. The lowest BCUT2D eigenvalue weighted by atomic mass is 10.0. The third-order valence-electron chi connectivity index (χ3n) is 4.57. The molecule has 0 spiro atoms. The topological polar surface area (TPSA) is 62.1 Å². The predicted octanol–water partition coefficient (Wildman–Crippen LogP) is 3.90. The molecule has 0 saturated carbocycles. The van der Waals surface area contributed by atoms with E-state index in [0.29, 0.717) is 31.1 Å². The zero-order chi connectivity index (χ0) is 19.2. The van der Waals surface area contributed by atoms with Crippen molar-refractivity contribution in [3.63, 3.8) is 0 Å². The minimum atomic E-state index is -0.743. The van der Waals surface area contributed by atoms with Gasteiger partial charge in [-0.1, -0.05) is 41.0 Å². The van der Waals surface area contributed by atoms with Gasteiger partial charge in [0.2, 0.25) is 0 Å². The first kappa shape index (κ1) is 19.3. The number of aliphatic carboxylic acids is 1. The van der Waals surface area contributed by atoms with E-state index < -0.39 is 5.97 Å². The molecule has 1 aliphatic rings. The number of halogens is 2. The van der Waals surface area contributed by atoms with E-state index in [1.807, 2.05) is 24.3 Å². The molecule has 1 heterocycles. The number of oxime groups is 1. The normalized spacial score (nSPS) is 17.5. The highest BCUT2D eigenvalue weighted by Crippen LogP contribution is 2.30. The number of carboxylic acids is 1. The molecule has 0 amide bonds. The summed E-state index contributed by atoms with van der Waals surface area (Å²) in [4.78, 5) is 18.3. The summed E-state index contributed by atoms with van der Waals surface area (Å²) >= 11 is 6.16. The molecule has 2 aromatic rings. The van der Waals surface area contributed by atoms with E-state index in [-0.39, 0.29) is 11.7 Å². The number of nitrogens with zero attached hydrogens (tertiary/aromatic N) is 2. The Kier molecular flexibility index (Phi) is 6.42. The Hall–Kier alpha value is -2.44. The maximum absolute atomic E-state index is 13.3. The van der Waals surface area contributed by atoms with E-state index in [4.69, 9.17) is 21.5 Å². The Morgan fingerprint density at radius 2 is 2.15 bits per heavy atom. The van der Waals surface area contributed by atoms with E-state index in [1.54, 1.807) is 12.3 Å². The van der Waals surface area contributed by atoms with Gasteiger partial charge in [0, 0.05) is 24.2 Å². The minimum absolute atomic E-state index is 0.291. The van der Waals surface area contributed by atoms with Crippen LogP contribution in [0.5, 0.6) is 0 Å². The zero-order valence-corrected chi connectivity index (χ0v) is 15.4. The van der Waals surface area contributed by atoms with Gasteiger partial charge in [-0.25, -0.2) is 4.39 Å². The van der Waals surface area contributed by atoms with Crippen LogP contribution >= 0.6 is 11.6 Å². The number of rotatable bonds is 7. The molecule has 1 saturated heterocycles. The van der Waals surface area contributed by atoms with E-state index in [2.05, 4.69) is 10.1 Å². The second-order valence-electron chi connectivity index (χ2n) is 6.40. The van der Waals surface area contributed by atoms with Gasteiger partial charge in [0.1, 0.15) is 12.4 Å². The van der Waals surface area contributed by atoms with Crippen molar-refractivity contribution in [2.75, 3.05) is 26.2 Å². The maximum atomic E-state index is 13.3. The van der Waals surface area contributed by atoms with Crippen LogP contribution in [0.1, 0.15) is 12.0 Å². The molecule has 0 bridgehead atoms. The summed E-state index contributed by atoms with van der Waals surface area (Å²) in [5.74, 6) is -1.42. The van der Waals surface area contributed by atoms with Crippen LogP contribution in [0, 0.1) is 11.7 Å². The fourth-order valence-corrected chi connectivity index (χ4v) is 3.39. The van der Waals surface area contributed by atoms with Gasteiger partial charge in [-0.05, 0) is 36.7 Å². The molecule has 1 fully saturated rings. The van der Waals surface area contributed by atoms with Crippen LogP contribution in [-0.2, 0) is 9.63 Å². The van der Waals surface area contributed by atoms with Crippen LogP contribution in [0.2, 0.25) is 5.02 Å². The molecular formula is C20H20ClFN2O3. The number of likely N-dealkylation sites (tertiary alicyclic amines) is 1. The van der Waals surface area contributed by atoms with Gasteiger partial charge in [0.05, 0.1) is 17.2 Å². The summed E-state index contributed by atoms with van der Waals surface area (Å²) in [5.41, 5.74) is 2.36. The molecule has 0 radical (unpaired) electrons. The summed E-state index contributed by atoms with van der Waals surface area (Å²) in [6.45, 7) is 2.32. The van der Waals surface area contributed by atoms with Crippen LogP contribution in [0.15, 0.2) is 47.6 Å². The molecule has 1 aliphatic heterocycles. The standard InChI is InChI=1S/C20H20ClFN2O3/c21-19-11-16(22)5-6-18(19)17-4-2-1-3-14(17)12-23-27-10-9-24-8-7-15(13-24)20(25)26/h1-6,11-12,15H,7-10,13H2,(H,25,26). The van der Waals surface area contributed by atoms with Gasteiger partial charge < -0.3 is 9.94 Å². The quantitative estimate of drug-likeness (QED) is 0.442. The van der Waals surface area contributed by atoms with E-state index >= 15 is 0 Å². The lowest BCUT2D eigenvalue weighted by Crippen LogP contribution is -2.26. The van der Waals surface area contributed by atoms with Crippen molar-refractivity contribution in [3.8, 4) is 11.1 Å². The van der Waals surface area contributed by atoms with E-state index in [0.717, 1.165) is 23.2 Å². The SMILES string of the molecule is O=C(O)C1CCN(CCON=Cc2ccccc2-c2ccc(F)cc2Cl)C1. The molecule has 1 unspecified atom stereocenters. The summed E-state index contributed by atoms with van der Waals surface area (Å²) < 4.78 is 13.3. The van der Waals surface area contributed by atoms with Gasteiger partial charge in [-0.2, -0.15) is 0 Å². The Morgan fingerprint density at radius 1 is 1.33 bits per heavy atom. The van der Waals surface area contributed by atoms with Gasteiger partial charge in [0.25, 0.3) is 0 Å². The van der Waals surface area contributed by atoms with Crippen molar-refractivity contribution in [3.05, 3.63) is 58.9 Å². The van der Waals surface area contributed by atoms with Crippen LogP contribution in [0.4, 0.5) is 4.39 Å². The monoisotopic (exact) mass is 390 g/mol. The molecule has 2 aromatic carbocycles. The number of benzene rings is 2. The van der Waals surface area contributed by atoms with Crippen molar-refractivity contribution >= 4 is 23.8 Å². The summed E-state index contributed by atoms with van der Waals surface area (Å²) in [6.07, 6.45) is 2.27. The summed E-state index contributed by atoms with van der Waals surface area (Å²) in [7, 11) is 0. The highest BCUT2D eigenvalue weighted by atomic mass is 35.5. The Balaban J connectivity index is 1.57. The third-order valence-corrected chi connectivity index (χ3v) is 4.88. The molecule has 142 valence electrons. The van der Waals surface area contributed by atoms with Crippen molar-refractivity contribution in [1.82, 2.24) is 4.90 Å². The molecular weight excluding hydrogens is 371 g/mol. The number of hydrogen-bond donors (Lipinski definition) is 1. The summed E-state index contributed by atoms with van der Waals surface area (Å²) in [6, 6.07) is 11.8. The lowest BCUT2D eigenvalue weighted by molar-refractivity contribution is -0.141. The predicted molar refractivity (Wildman–Crippen MR) is 103 cm³/mol. The average molecular weight is 391 g/mol. The van der Waals surface area contributed by atoms with Gasteiger partial charge >= 0.3 is 5.97 Å². The molecule has 0 aliphatic carbocycles. The zero-order valence-electron chi connectivity index (χ0n) is 14.6. The first-order chi connectivity index (χ1) is 13.0. The van der Waals surface area contributed by atoms with Crippen molar-refractivity contribution in [1.29, 1.82) is 0 Å². The minimum Gasteiger partial charge on any atom is -0.481 e. The van der Waals surface area contributed by atoms with Crippen LogP contribution in [-0.4, -0.2) is 48.4 Å². The molecule has 3 rings (SSSR count). The maximum Gasteiger partial charge on any atom is 0.307 e. The van der Waals surface area contributed by atoms with Crippen molar-refractivity contribution < 1.29 is 19.1 Å². The first-order valence-corrected chi connectivity index (χ1v) is 9.07. The van der Waals surface area contributed by atoms with Gasteiger partial charge in [0.15, 0.2) is 0 Å². The smallest absolute Gasteiger partial charge is 0.307 e. The lowest BCUT2D eigenvalue weighted by Gasteiger charge is -2.13. The molecule has 0 aromatic heterocycles. The first-order valence-electron chi connectivity index (χ1n) is 8.69. The van der Waals surface area contributed by atoms with Gasteiger partial charge in [-0.3, -0.25) is 9.69 Å². The second kappa shape index (κ2) is 8.97. The molecule has 1 atom stereocenters. The molecule has 1 N–H and O–H groups in total. The van der Waals surface area contributed by atoms with E-state index in [9.17, 15) is 9.18 Å². The van der Waals surface area contributed by atoms with Crippen LogP contribution < -0.4 is 0 Å². The largest absolute Gasteiger partial charge is 0.481 e. The molecule has 5 nitrogen and oxygen atoms in total. The third kappa shape index (κ3) is 5.05. The van der Waals surface area contributed by atoms with Crippen LogP contribution in [0.25, 0.3) is 11.1 Å². The van der Waals surface area contributed by atoms with Crippen molar-refractivity contribution in [2.24, 2.45) is 11.1 Å². The number of carbonyl (C=O) groups is 1. The molecule has 27 heavy (non-hydrogen) atoms. The number of hydrogen-bond acceptors (Lipinski definition) is 4. The number of carboxylic acid groups (broad SMARTS) is 1. The highest BCUT2D eigenvalue weighted by molar-refractivity contribution is 6.33. The summed E-state index contributed by atoms with van der Waals surface area (Å²) in [5, 5.41) is 13.3. The fraction of sp³-hybridized carbons (Fsp3) is 0.300. The highest BCUT2D eigenvalue weighted by Gasteiger charge is 2.27. The Morgan fingerprint density at radius 3 is 2.89 bits per heavy atom. The molecule has 7 heteroatoms. The average Bonchev–Trinajstić information content (AvgIpc) is 3.11. The Labute approximate surface area is 162 Å². The second-order valence-corrected chi connectivity index (χ2v) is 6.81. The Bertz CT molecular complexity index is 844. The van der Waals surface area contributed by atoms with Crippen LogP contribution in [0.3, 0.4) is 0 Å². The van der Waals surface area contributed by atoms with Crippen molar-refractivity contribution in [2.45, 2.75) is 6.42 Å². The van der Waals surface area contributed by atoms with Gasteiger partial charge in [-0.15, -0.1) is 0 Å².